The van der Waals surface area contributed by atoms with E-state index in [2.05, 4.69) is 29.1 Å². The topological polar surface area (TPSA) is 46.0 Å². The van der Waals surface area contributed by atoms with Crippen molar-refractivity contribution in [2.75, 3.05) is 0 Å². The predicted octanol–water partition coefficient (Wildman–Crippen LogP) is 1.24. The number of nitrogens with zero attached hydrogens (tertiary/aromatic N) is 3. The molecule has 0 aliphatic rings. The first-order valence-corrected chi connectivity index (χ1v) is 4.13. The van der Waals surface area contributed by atoms with Crippen molar-refractivity contribution < 1.29 is 0 Å². The number of nitrogens with one attached hydrogen (secondary N) is 1. The molecule has 2 aromatic rings. The van der Waals surface area contributed by atoms with Crippen molar-refractivity contribution in [3.8, 4) is 0 Å². The van der Waals surface area contributed by atoms with E-state index in [1.165, 1.54) is 11.3 Å². The number of hydrogen-bond acceptors (Lipinski definition) is 2. The van der Waals surface area contributed by atoms with Crippen molar-refractivity contribution in [3.05, 3.63) is 17.1 Å². The number of aromatic amines is 1. The van der Waals surface area contributed by atoms with Crippen molar-refractivity contribution in [3.63, 3.8) is 0 Å². The minimum atomic E-state index is 0.910. The SMILES string of the molecule is CCc1c(C)[nH]n2c(C)nnc12. The lowest BCUT2D eigenvalue weighted by Gasteiger charge is -1.88. The Balaban J connectivity index is 2.82. The van der Waals surface area contributed by atoms with Gasteiger partial charge in [-0.2, -0.15) is 0 Å². The van der Waals surface area contributed by atoms with Gasteiger partial charge in [0.05, 0.1) is 0 Å². The van der Waals surface area contributed by atoms with Crippen LogP contribution in [0.15, 0.2) is 0 Å². The van der Waals surface area contributed by atoms with E-state index in [1.807, 2.05) is 11.4 Å². The van der Waals surface area contributed by atoms with Crippen LogP contribution >= 0.6 is 0 Å². The smallest absolute Gasteiger partial charge is 0.180 e. The number of fused-ring (bicyclic) bond motifs is 1. The average molecular weight is 164 g/mol. The molecule has 12 heavy (non-hydrogen) atoms. The fourth-order valence-electron chi connectivity index (χ4n) is 1.52. The van der Waals surface area contributed by atoms with Crippen molar-refractivity contribution in [2.24, 2.45) is 0 Å². The molecule has 0 radical (unpaired) electrons. The van der Waals surface area contributed by atoms with Gasteiger partial charge >= 0.3 is 0 Å². The quantitative estimate of drug-likeness (QED) is 0.689. The predicted molar refractivity (Wildman–Crippen MR) is 46.2 cm³/mol. The van der Waals surface area contributed by atoms with Gasteiger partial charge in [0.1, 0.15) is 5.82 Å². The lowest BCUT2D eigenvalue weighted by atomic mass is 10.2. The standard InChI is InChI=1S/C8H12N4/c1-4-7-5(2)11-12-6(3)9-10-8(7)12/h11H,4H2,1-3H3. The van der Waals surface area contributed by atoms with E-state index in [-0.39, 0.29) is 0 Å². The third-order valence-electron chi connectivity index (χ3n) is 2.18. The molecule has 0 aliphatic carbocycles. The molecule has 0 unspecified atom stereocenters. The molecule has 0 amide bonds. The van der Waals surface area contributed by atoms with E-state index in [4.69, 9.17) is 0 Å². The maximum atomic E-state index is 4.09. The zero-order valence-electron chi connectivity index (χ0n) is 7.55. The molecule has 0 aromatic carbocycles. The summed E-state index contributed by atoms with van der Waals surface area (Å²) in [4.78, 5) is 0. The summed E-state index contributed by atoms with van der Waals surface area (Å²) in [6, 6.07) is 0. The highest BCUT2D eigenvalue weighted by Gasteiger charge is 2.10. The van der Waals surface area contributed by atoms with Gasteiger partial charge in [0.2, 0.25) is 0 Å². The fraction of sp³-hybridized carbons (Fsp3) is 0.500. The first-order chi connectivity index (χ1) is 5.74. The highest BCUT2D eigenvalue weighted by Crippen LogP contribution is 2.13. The minimum absolute atomic E-state index is 0.910. The molecular weight excluding hydrogens is 152 g/mol. The van der Waals surface area contributed by atoms with Gasteiger partial charge in [0.25, 0.3) is 0 Å². The van der Waals surface area contributed by atoms with E-state index in [9.17, 15) is 0 Å². The third kappa shape index (κ3) is 0.776. The molecule has 0 fully saturated rings. The van der Waals surface area contributed by atoms with E-state index in [1.54, 1.807) is 0 Å². The zero-order valence-corrected chi connectivity index (χ0v) is 7.55. The maximum absolute atomic E-state index is 4.09. The van der Waals surface area contributed by atoms with Crippen LogP contribution in [0.25, 0.3) is 5.65 Å². The van der Waals surface area contributed by atoms with Gasteiger partial charge in [-0.1, -0.05) is 6.92 Å². The van der Waals surface area contributed by atoms with Crippen molar-refractivity contribution in [1.29, 1.82) is 0 Å². The lowest BCUT2D eigenvalue weighted by Crippen LogP contribution is -1.87. The van der Waals surface area contributed by atoms with Gasteiger partial charge in [-0.25, -0.2) is 4.52 Å². The van der Waals surface area contributed by atoms with Crippen LogP contribution in [0.5, 0.6) is 0 Å². The number of aromatic nitrogens is 4. The number of hydrogen-bond donors (Lipinski definition) is 1. The second-order valence-corrected chi connectivity index (χ2v) is 2.98. The molecule has 0 bridgehead atoms. The normalized spacial score (nSPS) is 11.2. The molecule has 2 aromatic heterocycles. The minimum Gasteiger partial charge on any atom is -0.295 e. The molecule has 4 heteroatoms. The average Bonchev–Trinajstić information content (AvgIpc) is 2.52. The van der Waals surface area contributed by atoms with Crippen LogP contribution in [0.1, 0.15) is 24.0 Å². The summed E-state index contributed by atoms with van der Waals surface area (Å²) >= 11 is 0. The Hall–Kier alpha value is -1.32. The summed E-state index contributed by atoms with van der Waals surface area (Å²) in [6.45, 7) is 6.13. The molecule has 0 saturated carbocycles. The molecule has 0 spiro atoms. The van der Waals surface area contributed by atoms with Crippen LogP contribution in [-0.4, -0.2) is 19.8 Å². The van der Waals surface area contributed by atoms with E-state index < -0.39 is 0 Å². The molecule has 4 nitrogen and oxygen atoms in total. The summed E-state index contributed by atoms with van der Waals surface area (Å²) in [5.41, 5.74) is 3.41. The first-order valence-electron chi connectivity index (χ1n) is 4.13. The molecular formula is C8H12N4. The molecule has 64 valence electrons. The summed E-state index contributed by atoms with van der Waals surface area (Å²) < 4.78 is 1.92. The van der Waals surface area contributed by atoms with Crippen LogP contribution in [0, 0.1) is 13.8 Å². The van der Waals surface area contributed by atoms with Crippen LogP contribution in [-0.2, 0) is 6.42 Å². The van der Waals surface area contributed by atoms with Gasteiger partial charge in [-0.3, -0.25) is 5.10 Å². The van der Waals surface area contributed by atoms with E-state index >= 15 is 0 Å². The third-order valence-corrected chi connectivity index (χ3v) is 2.18. The van der Waals surface area contributed by atoms with Gasteiger partial charge < -0.3 is 0 Å². The van der Waals surface area contributed by atoms with Crippen LogP contribution < -0.4 is 0 Å². The molecule has 2 heterocycles. The number of rotatable bonds is 1. The van der Waals surface area contributed by atoms with Crippen molar-refractivity contribution in [1.82, 2.24) is 19.8 Å². The molecule has 0 aliphatic heterocycles. The maximum Gasteiger partial charge on any atom is 0.180 e. The monoisotopic (exact) mass is 164 g/mol. The molecule has 0 saturated heterocycles. The van der Waals surface area contributed by atoms with E-state index in [0.717, 1.165) is 17.9 Å². The first kappa shape index (κ1) is 7.34. The van der Waals surface area contributed by atoms with Crippen LogP contribution in [0.2, 0.25) is 0 Å². The second-order valence-electron chi connectivity index (χ2n) is 2.98. The van der Waals surface area contributed by atoms with Gasteiger partial charge in [0.15, 0.2) is 5.65 Å². The number of H-pyrrole nitrogens is 1. The van der Waals surface area contributed by atoms with Crippen LogP contribution in [0.4, 0.5) is 0 Å². The summed E-state index contributed by atoms with van der Waals surface area (Å²) in [7, 11) is 0. The van der Waals surface area contributed by atoms with Crippen LogP contribution in [0.3, 0.4) is 0 Å². The molecule has 0 atom stereocenters. The largest absolute Gasteiger partial charge is 0.295 e. The Morgan fingerprint density at radius 1 is 1.33 bits per heavy atom. The highest BCUT2D eigenvalue weighted by molar-refractivity contribution is 5.49. The molecule has 2 rings (SSSR count). The Morgan fingerprint density at radius 2 is 2.08 bits per heavy atom. The lowest BCUT2D eigenvalue weighted by molar-refractivity contribution is 0.873. The Morgan fingerprint density at radius 3 is 2.75 bits per heavy atom. The summed E-state index contributed by atoms with van der Waals surface area (Å²) in [5, 5.41) is 11.3. The number of aryl methyl sites for hydroxylation is 3. The Bertz CT molecular complexity index is 410. The van der Waals surface area contributed by atoms with Gasteiger partial charge in [0, 0.05) is 11.3 Å². The van der Waals surface area contributed by atoms with Crippen molar-refractivity contribution >= 4 is 5.65 Å². The fourth-order valence-corrected chi connectivity index (χ4v) is 1.52. The van der Waals surface area contributed by atoms with Gasteiger partial charge in [-0.05, 0) is 20.3 Å². The summed E-state index contributed by atoms with van der Waals surface area (Å²) in [5.74, 6) is 0.910. The van der Waals surface area contributed by atoms with Crippen molar-refractivity contribution in [2.45, 2.75) is 27.2 Å². The van der Waals surface area contributed by atoms with Gasteiger partial charge in [-0.15, -0.1) is 10.2 Å². The second kappa shape index (κ2) is 2.33. The molecule has 1 N–H and O–H groups in total. The van der Waals surface area contributed by atoms with E-state index in [0.29, 0.717) is 0 Å². The highest BCUT2D eigenvalue weighted by atomic mass is 15.4. The summed E-state index contributed by atoms with van der Waals surface area (Å²) in [6.07, 6.45) is 0.997. The zero-order chi connectivity index (χ0) is 8.72. The Labute approximate surface area is 70.6 Å². The Kier molecular flexibility index (Phi) is 1.43.